The van der Waals surface area contributed by atoms with Crippen LogP contribution in [0, 0.1) is 5.41 Å². The minimum absolute atomic E-state index is 0.322. The maximum absolute atomic E-state index is 8.42. The summed E-state index contributed by atoms with van der Waals surface area (Å²) in [5, 5.41) is 11.8. The SMILES string of the molecule is CCC(C)Nc1ncccc1C(=N)c1ccc(OC)cc1. The average molecular weight is 283 g/mol. The van der Waals surface area contributed by atoms with Crippen LogP contribution in [0.4, 0.5) is 5.82 Å². The van der Waals surface area contributed by atoms with E-state index in [0.717, 1.165) is 29.1 Å². The zero-order valence-electron chi connectivity index (χ0n) is 12.7. The van der Waals surface area contributed by atoms with E-state index in [1.807, 2.05) is 36.4 Å². The highest BCUT2D eigenvalue weighted by molar-refractivity contribution is 6.13. The number of nitrogens with zero attached hydrogens (tertiary/aromatic N) is 1. The molecule has 2 N–H and O–H groups in total. The molecular formula is C17H21N3O. The van der Waals surface area contributed by atoms with Crippen molar-refractivity contribution in [2.45, 2.75) is 26.3 Å². The van der Waals surface area contributed by atoms with Gasteiger partial charge in [-0.05, 0) is 49.7 Å². The van der Waals surface area contributed by atoms with Crippen LogP contribution in [0.2, 0.25) is 0 Å². The molecule has 0 saturated heterocycles. The van der Waals surface area contributed by atoms with Gasteiger partial charge in [-0.15, -0.1) is 0 Å². The Morgan fingerprint density at radius 3 is 2.62 bits per heavy atom. The molecule has 2 aromatic rings. The van der Waals surface area contributed by atoms with Crippen molar-refractivity contribution in [1.82, 2.24) is 4.98 Å². The van der Waals surface area contributed by atoms with Crippen LogP contribution in [0.3, 0.4) is 0 Å². The van der Waals surface area contributed by atoms with Gasteiger partial charge >= 0.3 is 0 Å². The summed E-state index contributed by atoms with van der Waals surface area (Å²) in [4.78, 5) is 4.37. The fourth-order valence-electron chi connectivity index (χ4n) is 1.97. The number of anilines is 1. The van der Waals surface area contributed by atoms with Gasteiger partial charge in [0.15, 0.2) is 0 Å². The van der Waals surface area contributed by atoms with Crippen molar-refractivity contribution < 1.29 is 4.74 Å². The predicted octanol–water partition coefficient (Wildman–Crippen LogP) is 3.72. The van der Waals surface area contributed by atoms with E-state index in [2.05, 4.69) is 24.1 Å². The highest BCUT2D eigenvalue weighted by atomic mass is 16.5. The molecule has 1 atom stereocenters. The van der Waals surface area contributed by atoms with E-state index in [1.54, 1.807) is 13.3 Å². The Bertz CT molecular complexity index is 608. The molecule has 110 valence electrons. The van der Waals surface area contributed by atoms with Crippen molar-refractivity contribution in [2.24, 2.45) is 0 Å². The van der Waals surface area contributed by atoms with Crippen molar-refractivity contribution in [3.63, 3.8) is 0 Å². The second kappa shape index (κ2) is 6.88. The number of hydrogen-bond donors (Lipinski definition) is 2. The first kappa shape index (κ1) is 15.0. The standard InChI is InChI=1S/C17H21N3O/c1-4-12(2)20-17-15(6-5-11-19-17)16(18)13-7-9-14(21-3)10-8-13/h5-12,18H,4H2,1-3H3,(H,19,20). The van der Waals surface area contributed by atoms with Crippen LogP contribution in [-0.4, -0.2) is 23.8 Å². The van der Waals surface area contributed by atoms with Crippen molar-refractivity contribution >= 4 is 11.5 Å². The topological polar surface area (TPSA) is 58.0 Å². The van der Waals surface area contributed by atoms with Gasteiger partial charge in [0.05, 0.1) is 12.8 Å². The van der Waals surface area contributed by atoms with Gasteiger partial charge in [-0.25, -0.2) is 4.98 Å². The summed E-state index contributed by atoms with van der Waals surface area (Å²) < 4.78 is 5.15. The highest BCUT2D eigenvalue weighted by Gasteiger charge is 2.12. The normalized spacial score (nSPS) is 11.8. The summed E-state index contributed by atoms with van der Waals surface area (Å²) >= 11 is 0. The molecule has 1 unspecified atom stereocenters. The van der Waals surface area contributed by atoms with Crippen LogP contribution in [0.25, 0.3) is 0 Å². The van der Waals surface area contributed by atoms with Crippen molar-refractivity contribution in [2.75, 3.05) is 12.4 Å². The lowest BCUT2D eigenvalue weighted by molar-refractivity contribution is 0.415. The minimum Gasteiger partial charge on any atom is -0.497 e. The van der Waals surface area contributed by atoms with E-state index in [4.69, 9.17) is 10.1 Å². The molecule has 0 fully saturated rings. The second-order valence-electron chi connectivity index (χ2n) is 4.96. The molecule has 21 heavy (non-hydrogen) atoms. The van der Waals surface area contributed by atoms with E-state index in [0.29, 0.717) is 11.8 Å². The predicted molar refractivity (Wildman–Crippen MR) is 86.5 cm³/mol. The number of nitrogens with one attached hydrogen (secondary N) is 2. The minimum atomic E-state index is 0.322. The van der Waals surface area contributed by atoms with Crippen LogP contribution in [0.1, 0.15) is 31.4 Å². The first-order valence-corrected chi connectivity index (χ1v) is 7.10. The maximum Gasteiger partial charge on any atom is 0.135 e. The fraction of sp³-hybridized carbons (Fsp3) is 0.294. The zero-order valence-corrected chi connectivity index (χ0v) is 12.7. The molecule has 0 aliphatic heterocycles. The van der Waals surface area contributed by atoms with Crippen LogP contribution < -0.4 is 10.1 Å². The highest BCUT2D eigenvalue weighted by Crippen LogP contribution is 2.20. The fourth-order valence-corrected chi connectivity index (χ4v) is 1.97. The Morgan fingerprint density at radius 2 is 2.00 bits per heavy atom. The molecule has 0 aliphatic rings. The molecule has 1 aromatic heterocycles. The Balaban J connectivity index is 2.29. The number of ether oxygens (including phenoxy) is 1. The third kappa shape index (κ3) is 3.60. The van der Waals surface area contributed by atoms with Gasteiger partial charge in [0.1, 0.15) is 11.6 Å². The molecule has 0 bridgehead atoms. The molecular weight excluding hydrogens is 262 g/mol. The molecule has 0 amide bonds. The van der Waals surface area contributed by atoms with Gasteiger partial charge in [0.25, 0.3) is 0 Å². The lowest BCUT2D eigenvalue weighted by atomic mass is 10.0. The van der Waals surface area contributed by atoms with Gasteiger partial charge in [-0.1, -0.05) is 6.92 Å². The first-order valence-electron chi connectivity index (χ1n) is 7.10. The Morgan fingerprint density at radius 1 is 1.29 bits per heavy atom. The number of methoxy groups -OCH3 is 1. The third-order valence-electron chi connectivity index (χ3n) is 3.45. The van der Waals surface area contributed by atoms with Gasteiger partial charge in [-0.2, -0.15) is 0 Å². The van der Waals surface area contributed by atoms with Crippen molar-refractivity contribution in [3.8, 4) is 5.75 Å². The lowest BCUT2D eigenvalue weighted by Crippen LogP contribution is -2.17. The summed E-state index contributed by atoms with van der Waals surface area (Å²) in [5.41, 5.74) is 2.11. The van der Waals surface area contributed by atoms with Crippen molar-refractivity contribution in [3.05, 3.63) is 53.7 Å². The van der Waals surface area contributed by atoms with Crippen molar-refractivity contribution in [1.29, 1.82) is 5.41 Å². The van der Waals surface area contributed by atoms with Crippen LogP contribution in [0.15, 0.2) is 42.6 Å². The average Bonchev–Trinajstić information content (AvgIpc) is 2.54. The smallest absolute Gasteiger partial charge is 0.135 e. The van der Waals surface area contributed by atoms with Gasteiger partial charge < -0.3 is 10.1 Å². The van der Waals surface area contributed by atoms with Gasteiger partial charge in [0.2, 0.25) is 0 Å². The molecule has 4 nitrogen and oxygen atoms in total. The summed E-state index contributed by atoms with van der Waals surface area (Å²) in [7, 11) is 1.63. The Hall–Kier alpha value is -2.36. The number of hydrogen-bond acceptors (Lipinski definition) is 4. The molecule has 2 rings (SSSR count). The molecule has 0 aliphatic carbocycles. The van der Waals surface area contributed by atoms with Crippen LogP contribution in [-0.2, 0) is 0 Å². The summed E-state index contributed by atoms with van der Waals surface area (Å²) in [6.45, 7) is 4.23. The molecule has 0 saturated carbocycles. The van der Waals surface area contributed by atoms with E-state index in [1.165, 1.54) is 0 Å². The van der Waals surface area contributed by atoms with E-state index in [-0.39, 0.29) is 0 Å². The van der Waals surface area contributed by atoms with Crippen LogP contribution >= 0.6 is 0 Å². The van der Waals surface area contributed by atoms with E-state index < -0.39 is 0 Å². The summed E-state index contributed by atoms with van der Waals surface area (Å²) in [6.07, 6.45) is 2.75. The number of rotatable bonds is 6. The van der Waals surface area contributed by atoms with Gasteiger partial charge in [-0.3, -0.25) is 5.41 Å². The number of aromatic nitrogens is 1. The molecule has 1 aromatic carbocycles. The molecule has 0 radical (unpaired) electrons. The Labute approximate surface area is 125 Å². The zero-order chi connectivity index (χ0) is 15.2. The molecule has 4 heteroatoms. The number of pyridine rings is 1. The quantitative estimate of drug-likeness (QED) is 0.794. The first-order chi connectivity index (χ1) is 10.2. The summed E-state index contributed by atoms with van der Waals surface area (Å²) in [5.74, 6) is 1.54. The van der Waals surface area contributed by atoms with E-state index >= 15 is 0 Å². The lowest BCUT2D eigenvalue weighted by Gasteiger charge is -2.16. The summed E-state index contributed by atoms with van der Waals surface area (Å²) in [6, 6.07) is 11.6. The molecule has 1 heterocycles. The molecule has 0 spiro atoms. The second-order valence-corrected chi connectivity index (χ2v) is 4.96. The van der Waals surface area contributed by atoms with Gasteiger partial charge in [0, 0.05) is 23.4 Å². The van der Waals surface area contributed by atoms with E-state index in [9.17, 15) is 0 Å². The monoisotopic (exact) mass is 283 g/mol. The maximum atomic E-state index is 8.42. The Kier molecular flexibility index (Phi) is 4.93. The number of benzene rings is 1. The van der Waals surface area contributed by atoms with Crippen LogP contribution in [0.5, 0.6) is 5.75 Å². The largest absolute Gasteiger partial charge is 0.497 e. The third-order valence-corrected chi connectivity index (χ3v) is 3.45.